The Labute approximate surface area is 168 Å². The smallest absolute Gasteiger partial charge is 0.273 e. The van der Waals surface area contributed by atoms with Gasteiger partial charge < -0.3 is 0 Å². The van der Waals surface area contributed by atoms with Crippen LogP contribution in [0.3, 0.4) is 0 Å². The van der Waals surface area contributed by atoms with Crippen LogP contribution in [-0.4, -0.2) is 4.86 Å². The number of hydrogen-bond donors (Lipinski definition) is 0. The lowest BCUT2D eigenvalue weighted by atomic mass is 10.2. The average molecular weight is 425 g/mol. The van der Waals surface area contributed by atoms with Crippen molar-refractivity contribution in [2.45, 2.75) is 23.1 Å². The van der Waals surface area contributed by atoms with Gasteiger partial charge in [0.25, 0.3) is 11.2 Å². The van der Waals surface area contributed by atoms with Crippen molar-refractivity contribution in [1.82, 2.24) is 0 Å². The van der Waals surface area contributed by atoms with Crippen LogP contribution in [0, 0.1) is 17.2 Å². The van der Waals surface area contributed by atoms with Crippen LogP contribution in [0.2, 0.25) is 0 Å². The Morgan fingerprint density at radius 1 is 0.926 bits per heavy atom. The predicted molar refractivity (Wildman–Crippen MR) is 97.0 cm³/mol. The molecule has 1 aliphatic carbocycles. The third-order valence-corrected chi connectivity index (χ3v) is 5.59. The van der Waals surface area contributed by atoms with E-state index in [4.69, 9.17) is 35.0 Å². The summed E-state index contributed by atoms with van der Waals surface area (Å²) in [6.07, 6.45) is 6.76. The lowest BCUT2D eigenvalue weighted by Crippen LogP contribution is -2.68. The fourth-order valence-electron chi connectivity index (χ4n) is 2.20. The van der Waals surface area contributed by atoms with E-state index in [1.165, 1.54) is 15.4 Å². The molecule has 8 heteroatoms. The number of halogens is 1. The van der Waals surface area contributed by atoms with Gasteiger partial charge in [0.15, 0.2) is 5.76 Å². The lowest BCUT2D eigenvalue weighted by molar-refractivity contribution is -2.00. The Morgan fingerprint density at radius 3 is 2.07 bits per heavy atom. The van der Waals surface area contributed by atoms with Crippen molar-refractivity contribution in [3.63, 3.8) is 0 Å². The molecule has 0 spiro atoms. The van der Waals surface area contributed by atoms with E-state index in [0.29, 0.717) is 0 Å². The van der Waals surface area contributed by atoms with Gasteiger partial charge in [0.2, 0.25) is 9.79 Å². The maximum absolute atomic E-state index is 8.49. The Bertz CT molecular complexity index is 825. The minimum absolute atomic E-state index is 0.434. The molecule has 0 radical (unpaired) electrons. The van der Waals surface area contributed by atoms with Crippen molar-refractivity contribution in [3.05, 3.63) is 84.1 Å². The van der Waals surface area contributed by atoms with Gasteiger partial charge in [-0.25, -0.2) is 18.6 Å². The summed E-state index contributed by atoms with van der Waals surface area (Å²) in [4.78, 5) is 3.35. The van der Waals surface area contributed by atoms with Gasteiger partial charge in [-0.1, -0.05) is 48.6 Å². The Balaban J connectivity index is 0.000000465. The Kier molecular flexibility index (Phi) is 8.00. The maximum atomic E-state index is 8.49. The molecule has 27 heavy (non-hydrogen) atoms. The zero-order valence-electron chi connectivity index (χ0n) is 14.4. The van der Waals surface area contributed by atoms with Gasteiger partial charge in [0.05, 0.1) is 0 Å². The number of aryl methyl sites for hydroxylation is 1. The third-order valence-electron chi connectivity index (χ3n) is 3.37. The van der Waals surface area contributed by atoms with Crippen molar-refractivity contribution in [2.24, 2.45) is 0 Å². The third kappa shape index (κ3) is 7.82. The molecular formula is C19H17ClO5S2. The van der Waals surface area contributed by atoms with Gasteiger partial charge in [-0.2, -0.15) is 0 Å². The van der Waals surface area contributed by atoms with Gasteiger partial charge in [-0.05, 0) is 43.4 Å². The summed E-state index contributed by atoms with van der Waals surface area (Å²) in [5.41, 5.74) is 1.24. The van der Waals surface area contributed by atoms with Crippen molar-refractivity contribution in [3.8, 4) is 0 Å². The summed E-state index contributed by atoms with van der Waals surface area (Å²) in [6.45, 7) is 2.13. The number of hydrogen-bond acceptors (Lipinski definition) is 6. The van der Waals surface area contributed by atoms with Crippen molar-refractivity contribution in [1.29, 1.82) is 0 Å². The van der Waals surface area contributed by atoms with Gasteiger partial charge in [-0.3, -0.25) is 4.18 Å². The highest BCUT2D eigenvalue weighted by molar-refractivity contribution is 7.92. The standard InChI is InChI=1S/C19H17OS2.ClHO4/c1-15-7-5-6-10-19(15)22(18-8-3-2-4-9-18)20-16-11-13-17(21)14-12-16;2-1(3,4)5/h2-13H,14H2,1H3;(H,2,3,4,5)/q+1;/p-1. The number of thiocarbonyl (C=S) groups is 1. The van der Waals surface area contributed by atoms with Gasteiger partial charge in [-0.15, -0.1) is 10.2 Å². The Hall–Kier alpha value is -1.71. The predicted octanol–water partition coefficient (Wildman–Crippen LogP) is 0.421. The first kappa shape index (κ1) is 21.6. The quantitative estimate of drug-likeness (QED) is 0.520. The molecule has 0 amide bonds. The molecule has 0 heterocycles. The van der Waals surface area contributed by atoms with E-state index < -0.39 is 21.4 Å². The maximum Gasteiger partial charge on any atom is 0.273 e. The summed E-state index contributed by atoms with van der Waals surface area (Å²) in [5.74, 6) is 0.893. The van der Waals surface area contributed by atoms with Crippen LogP contribution >= 0.6 is 12.2 Å². The van der Waals surface area contributed by atoms with E-state index in [1.54, 1.807) is 0 Å². The van der Waals surface area contributed by atoms with Crippen LogP contribution in [0.25, 0.3) is 0 Å². The van der Waals surface area contributed by atoms with Crippen LogP contribution in [0.1, 0.15) is 12.0 Å². The molecule has 0 aromatic heterocycles. The van der Waals surface area contributed by atoms with E-state index in [-0.39, 0.29) is 0 Å². The first-order valence-electron chi connectivity index (χ1n) is 7.80. The Morgan fingerprint density at radius 2 is 1.52 bits per heavy atom. The van der Waals surface area contributed by atoms with Crippen molar-refractivity contribution < 1.29 is 33.1 Å². The molecule has 2 aromatic rings. The van der Waals surface area contributed by atoms with E-state index in [2.05, 4.69) is 61.5 Å². The molecule has 0 N–H and O–H groups in total. The fourth-order valence-corrected chi connectivity index (χ4v) is 4.07. The highest BCUT2D eigenvalue weighted by Gasteiger charge is 2.31. The molecule has 1 unspecified atom stereocenters. The van der Waals surface area contributed by atoms with E-state index in [9.17, 15) is 0 Å². The largest absolute Gasteiger partial charge is 0.274 e. The molecule has 0 saturated heterocycles. The normalized spacial score (nSPS) is 14.7. The summed E-state index contributed by atoms with van der Waals surface area (Å²) in [7, 11) is -4.94. The SMILES string of the molecule is Cc1ccccc1[S+](OC1=CCC(=S)C=C1)c1ccccc1.[O-][Cl+3]([O-])([O-])[O-]. The van der Waals surface area contributed by atoms with Crippen LogP contribution in [0.5, 0.6) is 0 Å². The first-order chi connectivity index (χ1) is 12.7. The molecule has 2 aromatic carbocycles. The van der Waals surface area contributed by atoms with E-state index in [1.807, 2.05) is 18.2 Å². The van der Waals surface area contributed by atoms with Crippen LogP contribution < -0.4 is 18.6 Å². The second-order valence-corrected chi connectivity index (χ2v) is 8.31. The molecule has 0 saturated carbocycles. The van der Waals surface area contributed by atoms with Crippen LogP contribution in [0.4, 0.5) is 0 Å². The zero-order chi connectivity index (χ0) is 19.9. The minimum Gasteiger partial charge on any atom is -0.274 e. The summed E-state index contributed by atoms with van der Waals surface area (Å²) >= 11 is 4.76. The summed E-state index contributed by atoms with van der Waals surface area (Å²) in [5, 5.41) is 0. The molecule has 0 bridgehead atoms. The van der Waals surface area contributed by atoms with E-state index >= 15 is 0 Å². The van der Waals surface area contributed by atoms with Crippen LogP contribution in [0.15, 0.2) is 88.4 Å². The minimum atomic E-state index is -4.94. The second kappa shape index (κ2) is 10.0. The highest BCUT2D eigenvalue weighted by atomic mass is 35.7. The summed E-state index contributed by atoms with van der Waals surface area (Å²) < 4.78 is 40.3. The fraction of sp³-hybridized carbons (Fsp3) is 0.105. The van der Waals surface area contributed by atoms with Gasteiger partial charge in [0.1, 0.15) is 0 Å². The van der Waals surface area contributed by atoms with Crippen molar-refractivity contribution in [2.75, 3.05) is 0 Å². The molecule has 1 aliphatic rings. The molecule has 5 nitrogen and oxygen atoms in total. The van der Waals surface area contributed by atoms with E-state index in [0.717, 1.165) is 17.0 Å². The second-order valence-electron chi connectivity index (χ2n) is 5.42. The monoisotopic (exact) mass is 424 g/mol. The number of allylic oxidation sites excluding steroid dienone is 3. The molecule has 1 atom stereocenters. The lowest BCUT2D eigenvalue weighted by Gasteiger charge is -2.17. The highest BCUT2D eigenvalue weighted by Crippen LogP contribution is 2.30. The molecule has 142 valence electrons. The summed E-state index contributed by atoms with van der Waals surface area (Å²) in [6, 6.07) is 18.8. The van der Waals surface area contributed by atoms with Gasteiger partial charge in [0, 0.05) is 16.8 Å². The molecule has 3 rings (SSSR count). The zero-order valence-corrected chi connectivity index (χ0v) is 16.8. The first-order valence-corrected chi connectivity index (χ1v) is 10.6. The molecule has 0 aliphatic heterocycles. The molecular weight excluding hydrogens is 408 g/mol. The number of rotatable bonds is 4. The topological polar surface area (TPSA) is 101 Å². The van der Waals surface area contributed by atoms with Crippen LogP contribution in [-0.2, 0) is 15.4 Å². The average Bonchev–Trinajstić information content (AvgIpc) is 2.61. The number of benzene rings is 2. The van der Waals surface area contributed by atoms with Crippen molar-refractivity contribution >= 4 is 28.3 Å². The van der Waals surface area contributed by atoms with Gasteiger partial charge >= 0.3 is 0 Å². The molecule has 0 fully saturated rings.